The van der Waals surface area contributed by atoms with Gasteiger partial charge < -0.3 is 14.7 Å². The van der Waals surface area contributed by atoms with E-state index in [0.717, 1.165) is 68.2 Å². The Hall–Kier alpha value is -2.15. The summed E-state index contributed by atoms with van der Waals surface area (Å²) in [4.78, 5) is 14.9. The maximum atomic E-state index is 12.9. The van der Waals surface area contributed by atoms with Crippen LogP contribution in [0.2, 0.25) is 0 Å². The van der Waals surface area contributed by atoms with E-state index in [1.807, 2.05) is 18.7 Å². The number of hydrogen-bond donors (Lipinski definition) is 1. The third-order valence-corrected chi connectivity index (χ3v) is 5.53. The Labute approximate surface area is 153 Å². The SMILES string of the molecule is Cc1noc(C)c1[C@H]1CCCN1C(=O)CCc1cc2n(n1)CCCNC2. The summed E-state index contributed by atoms with van der Waals surface area (Å²) in [5.41, 5.74) is 4.23. The highest BCUT2D eigenvalue weighted by molar-refractivity contribution is 5.77. The Balaban J connectivity index is 1.42. The Bertz CT molecular complexity index is 751. The Morgan fingerprint density at radius 1 is 1.35 bits per heavy atom. The van der Waals surface area contributed by atoms with Crippen LogP contribution >= 0.6 is 0 Å². The minimum Gasteiger partial charge on any atom is -0.361 e. The molecule has 0 spiro atoms. The van der Waals surface area contributed by atoms with Crippen molar-refractivity contribution < 1.29 is 9.32 Å². The summed E-state index contributed by atoms with van der Waals surface area (Å²) in [6.45, 7) is 7.56. The van der Waals surface area contributed by atoms with Gasteiger partial charge in [0.1, 0.15) is 5.76 Å². The molecule has 4 rings (SSSR count). The van der Waals surface area contributed by atoms with E-state index in [9.17, 15) is 4.79 Å². The number of rotatable bonds is 4. The molecule has 7 heteroatoms. The van der Waals surface area contributed by atoms with E-state index in [2.05, 4.69) is 26.3 Å². The standard InChI is InChI=1S/C19H27N5O2/c1-13-19(14(2)26-22-13)17-5-3-9-23(17)18(25)7-6-15-11-16-12-20-8-4-10-24(16)21-15/h11,17,20H,3-10,12H2,1-2H3/t17-/m1/s1. The molecular formula is C19H27N5O2. The predicted octanol–water partition coefficient (Wildman–Crippen LogP) is 2.28. The van der Waals surface area contributed by atoms with Gasteiger partial charge in [0.05, 0.1) is 23.1 Å². The summed E-state index contributed by atoms with van der Waals surface area (Å²) in [7, 11) is 0. The van der Waals surface area contributed by atoms with Crippen LogP contribution in [0.5, 0.6) is 0 Å². The van der Waals surface area contributed by atoms with E-state index in [0.29, 0.717) is 12.8 Å². The lowest BCUT2D eigenvalue weighted by atomic mass is 10.0. The van der Waals surface area contributed by atoms with Gasteiger partial charge in [-0.15, -0.1) is 0 Å². The van der Waals surface area contributed by atoms with Gasteiger partial charge in [-0.25, -0.2) is 0 Å². The van der Waals surface area contributed by atoms with Crippen LogP contribution in [0.4, 0.5) is 0 Å². The van der Waals surface area contributed by atoms with Crippen LogP contribution < -0.4 is 5.32 Å². The monoisotopic (exact) mass is 357 g/mol. The highest BCUT2D eigenvalue weighted by Gasteiger charge is 2.33. The normalized spacial score (nSPS) is 20.2. The second-order valence-corrected chi connectivity index (χ2v) is 7.36. The quantitative estimate of drug-likeness (QED) is 0.908. The van der Waals surface area contributed by atoms with E-state index >= 15 is 0 Å². The third kappa shape index (κ3) is 3.28. The predicted molar refractivity (Wildman–Crippen MR) is 96.5 cm³/mol. The number of aromatic nitrogens is 3. The largest absolute Gasteiger partial charge is 0.361 e. The summed E-state index contributed by atoms with van der Waals surface area (Å²) < 4.78 is 7.40. The second kappa shape index (κ2) is 7.23. The molecule has 0 radical (unpaired) electrons. The first-order valence-corrected chi connectivity index (χ1v) is 9.62. The minimum atomic E-state index is 0.108. The van der Waals surface area contributed by atoms with E-state index in [1.165, 1.54) is 5.69 Å². The summed E-state index contributed by atoms with van der Waals surface area (Å²) in [6.07, 6.45) is 4.32. The number of fused-ring (bicyclic) bond motifs is 1. The lowest BCUT2D eigenvalue weighted by Gasteiger charge is -2.24. The van der Waals surface area contributed by atoms with Gasteiger partial charge in [-0.2, -0.15) is 5.10 Å². The van der Waals surface area contributed by atoms with Gasteiger partial charge in [-0.1, -0.05) is 5.16 Å². The lowest BCUT2D eigenvalue weighted by Crippen LogP contribution is -2.31. The van der Waals surface area contributed by atoms with E-state index < -0.39 is 0 Å². The summed E-state index contributed by atoms with van der Waals surface area (Å²) in [5.74, 6) is 1.03. The first kappa shape index (κ1) is 17.3. The minimum absolute atomic E-state index is 0.108. The Morgan fingerprint density at radius 2 is 2.23 bits per heavy atom. The molecular weight excluding hydrogens is 330 g/mol. The number of carbonyl (C=O) groups excluding carboxylic acids is 1. The van der Waals surface area contributed by atoms with Gasteiger partial charge in [0.2, 0.25) is 5.91 Å². The molecule has 0 saturated carbocycles. The van der Waals surface area contributed by atoms with Gasteiger partial charge in [0, 0.05) is 38.0 Å². The van der Waals surface area contributed by atoms with Crippen molar-refractivity contribution in [1.82, 2.24) is 25.2 Å². The smallest absolute Gasteiger partial charge is 0.223 e. The molecule has 0 bridgehead atoms. The first-order valence-electron chi connectivity index (χ1n) is 9.62. The Morgan fingerprint density at radius 3 is 3.04 bits per heavy atom. The van der Waals surface area contributed by atoms with Crippen LogP contribution in [0, 0.1) is 13.8 Å². The zero-order valence-corrected chi connectivity index (χ0v) is 15.6. The summed E-state index contributed by atoms with van der Waals surface area (Å²) in [6, 6.07) is 2.25. The molecule has 1 saturated heterocycles. The molecule has 2 aliphatic rings. The number of nitrogens with one attached hydrogen (secondary N) is 1. The third-order valence-electron chi connectivity index (χ3n) is 5.53. The highest BCUT2D eigenvalue weighted by atomic mass is 16.5. The van der Waals surface area contributed by atoms with Gasteiger partial charge in [0.25, 0.3) is 0 Å². The van der Waals surface area contributed by atoms with Crippen molar-refractivity contribution in [3.8, 4) is 0 Å². The number of amides is 1. The van der Waals surface area contributed by atoms with Gasteiger partial charge in [0.15, 0.2) is 0 Å². The lowest BCUT2D eigenvalue weighted by molar-refractivity contribution is -0.132. The molecule has 2 aromatic rings. The fourth-order valence-electron chi connectivity index (χ4n) is 4.25. The molecule has 0 unspecified atom stereocenters. The molecule has 0 aromatic carbocycles. The van der Waals surface area contributed by atoms with Crippen molar-refractivity contribution in [2.24, 2.45) is 0 Å². The van der Waals surface area contributed by atoms with Crippen molar-refractivity contribution >= 4 is 5.91 Å². The average molecular weight is 357 g/mol. The Kier molecular flexibility index (Phi) is 4.80. The molecule has 0 aliphatic carbocycles. The number of nitrogens with zero attached hydrogens (tertiary/aromatic N) is 4. The van der Waals surface area contributed by atoms with E-state index in [1.54, 1.807) is 0 Å². The van der Waals surface area contributed by atoms with E-state index in [-0.39, 0.29) is 11.9 Å². The number of aryl methyl sites for hydroxylation is 4. The van der Waals surface area contributed by atoms with Gasteiger partial charge in [-0.3, -0.25) is 9.48 Å². The molecule has 2 aliphatic heterocycles. The number of hydrogen-bond acceptors (Lipinski definition) is 5. The van der Waals surface area contributed by atoms with Crippen molar-refractivity contribution in [3.63, 3.8) is 0 Å². The van der Waals surface area contributed by atoms with Crippen LogP contribution in [-0.4, -0.2) is 38.8 Å². The first-order chi connectivity index (χ1) is 12.6. The molecule has 1 atom stereocenters. The topological polar surface area (TPSA) is 76.2 Å². The molecule has 7 nitrogen and oxygen atoms in total. The van der Waals surface area contributed by atoms with Crippen molar-refractivity contribution in [1.29, 1.82) is 0 Å². The van der Waals surface area contributed by atoms with Crippen LogP contribution in [0.15, 0.2) is 10.6 Å². The molecule has 4 heterocycles. The zero-order valence-electron chi connectivity index (χ0n) is 15.6. The van der Waals surface area contributed by atoms with Crippen molar-refractivity contribution in [3.05, 3.63) is 34.5 Å². The van der Waals surface area contributed by atoms with Crippen molar-refractivity contribution in [2.45, 2.75) is 65.1 Å². The van der Waals surface area contributed by atoms with Crippen LogP contribution in [0.1, 0.15) is 60.1 Å². The summed E-state index contributed by atoms with van der Waals surface area (Å²) in [5, 5.41) is 12.2. The molecule has 140 valence electrons. The molecule has 26 heavy (non-hydrogen) atoms. The maximum Gasteiger partial charge on any atom is 0.223 e. The zero-order chi connectivity index (χ0) is 18.1. The maximum absolute atomic E-state index is 12.9. The van der Waals surface area contributed by atoms with E-state index in [4.69, 9.17) is 4.52 Å². The molecule has 2 aromatic heterocycles. The fourth-order valence-corrected chi connectivity index (χ4v) is 4.25. The number of carbonyl (C=O) groups is 1. The molecule has 1 N–H and O–H groups in total. The van der Waals surface area contributed by atoms with Crippen molar-refractivity contribution in [2.75, 3.05) is 13.1 Å². The highest BCUT2D eigenvalue weighted by Crippen LogP contribution is 2.36. The fraction of sp³-hybridized carbons (Fsp3) is 0.632. The average Bonchev–Trinajstić information content (AvgIpc) is 3.29. The van der Waals surface area contributed by atoms with Gasteiger partial charge in [-0.05, 0) is 45.7 Å². The second-order valence-electron chi connectivity index (χ2n) is 7.36. The summed E-state index contributed by atoms with van der Waals surface area (Å²) >= 11 is 0. The van der Waals surface area contributed by atoms with Crippen LogP contribution in [0.25, 0.3) is 0 Å². The molecule has 1 fully saturated rings. The van der Waals surface area contributed by atoms with Gasteiger partial charge >= 0.3 is 0 Å². The van der Waals surface area contributed by atoms with Crippen LogP contribution in [-0.2, 0) is 24.3 Å². The number of likely N-dealkylation sites (tertiary alicyclic amines) is 1. The molecule has 1 amide bonds. The van der Waals surface area contributed by atoms with Crippen LogP contribution in [0.3, 0.4) is 0 Å².